The van der Waals surface area contributed by atoms with Crippen molar-refractivity contribution in [3.63, 3.8) is 0 Å². The molecule has 0 aliphatic carbocycles. The van der Waals surface area contributed by atoms with Crippen molar-refractivity contribution in [3.05, 3.63) is 54.9 Å². The van der Waals surface area contributed by atoms with Crippen molar-refractivity contribution >= 4 is 50.6 Å². The van der Waals surface area contributed by atoms with Crippen LogP contribution >= 0.6 is 23.1 Å². The van der Waals surface area contributed by atoms with Crippen LogP contribution in [0.25, 0.3) is 10.2 Å². The Balaban J connectivity index is 1.87. The SMILES string of the molecule is CCn1c(SC(C)C(=O)Nc2ccc(F)c([N+](=O)[O-])c2)nc2sc(C)c(C)c2c1=O. The number of aromatic nitrogens is 2. The number of nitro benzene ring substituents is 1. The molecule has 30 heavy (non-hydrogen) atoms. The predicted molar refractivity (Wildman–Crippen MR) is 116 cm³/mol. The van der Waals surface area contributed by atoms with Gasteiger partial charge in [-0.2, -0.15) is 4.39 Å². The fourth-order valence-corrected chi connectivity index (χ4v) is 4.91. The van der Waals surface area contributed by atoms with E-state index in [1.807, 2.05) is 20.8 Å². The molecule has 1 aromatic carbocycles. The van der Waals surface area contributed by atoms with Crippen molar-refractivity contribution in [2.75, 3.05) is 5.32 Å². The zero-order chi connectivity index (χ0) is 22.2. The topological polar surface area (TPSA) is 107 Å². The minimum atomic E-state index is -0.980. The highest BCUT2D eigenvalue weighted by Gasteiger charge is 2.22. The molecule has 0 bridgehead atoms. The second-order valence-corrected chi connectivity index (χ2v) is 9.09. The number of hydrogen-bond acceptors (Lipinski definition) is 7. The standard InChI is InChI=1S/C19H19FN4O4S2/c1-5-23-18(26)15-9(2)10(3)29-17(15)22-19(23)30-11(4)16(25)21-12-6-7-13(20)14(8-12)24(27)28/h6-8,11H,5H2,1-4H3,(H,21,25). The molecule has 0 aliphatic heterocycles. The van der Waals surface area contributed by atoms with Crippen LogP contribution in [-0.2, 0) is 11.3 Å². The summed E-state index contributed by atoms with van der Waals surface area (Å²) < 4.78 is 15.0. The van der Waals surface area contributed by atoms with Crippen molar-refractivity contribution in [1.29, 1.82) is 0 Å². The minimum Gasteiger partial charge on any atom is -0.325 e. The number of nitrogens with one attached hydrogen (secondary N) is 1. The highest BCUT2D eigenvalue weighted by Crippen LogP contribution is 2.30. The Labute approximate surface area is 179 Å². The summed E-state index contributed by atoms with van der Waals surface area (Å²) in [4.78, 5) is 41.8. The lowest BCUT2D eigenvalue weighted by Crippen LogP contribution is -2.26. The van der Waals surface area contributed by atoms with E-state index in [1.54, 1.807) is 6.92 Å². The van der Waals surface area contributed by atoms with E-state index in [2.05, 4.69) is 10.3 Å². The van der Waals surface area contributed by atoms with Gasteiger partial charge in [0.15, 0.2) is 5.16 Å². The summed E-state index contributed by atoms with van der Waals surface area (Å²) in [5.41, 5.74) is 0.161. The number of fused-ring (bicyclic) bond motifs is 1. The first-order valence-corrected chi connectivity index (χ1v) is 10.8. The summed E-state index contributed by atoms with van der Waals surface area (Å²) in [6.45, 7) is 7.69. The number of hydrogen-bond donors (Lipinski definition) is 1. The first-order chi connectivity index (χ1) is 14.1. The van der Waals surface area contributed by atoms with E-state index in [-0.39, 0.29) is 11.2 Å². The van der Waals surface area contributed by atoms with Crippen LogP contribution in [0.3, 0.4) is 0 Å². The third-order valence-corrected chi connectivity index (χ3v) is 6.82. The van der Waals surface area contributed by atoms with E-state index in [1.165, 1.54) is 22.0 Å². The quantitative estimate of drug-likeness (QED) is 0.260. The van der Waals surface area contributed by atoms with E-state index in [0.29, 0.717) is 21.9 Å². The van der Waals surface area contributed by atoms with Crippen molar-refractivity contribution < 1.29 is 14.1 Å². The van der Waals surface area contributed by atoms with Crippen LogP contribution in [0.2, 0.25) is 0 Å². The maximum Gasteiger partial charge on any atom is 0.306 e. The van der Waals surface area contributed by atoms with Gasteiger partial charge < -0.3 is 5.32 Å². The molecule has 2 heterocycles. The number of thioether (sulfide) groups is 1. The van der Waals surface area contributed by atoms with Gasteiger partial charge in [-0.15, -0.1) is 11.3 Å². The first-order valence-electron chi connectivity index (χ1n) is 9.06. The normalized spacial score (nSPS) is 12.2. The molecule has 0 saturated carbocycles. The molecule has 0 fully saturated rings. The third kappa shape index (κ3) is 4.08. The molecule has 158 valence electrons. The largest absolute Gasteiger partial charge is 0.325 e. The van der Waals surface area contributed by atoms with E-state index in [9.17, 15) is 24.1 Å². The zero-order valence-electron chi connectivity index (χ0n) is 16.7. The van der Waals surface area contributed by atoms with Gasteiger partial charge in [0, 0.05) is 23.2 Å². The highest BCUT2D eigenvalue weighted by atomic mass is 32.2. The Kier molecular flexibility index (Phi) is 6.22. The molecule has 3 rings (SSSR count). The fraction of sp³-hybridized carbons (Fsp3) is 0.316. The molecule has 0 aliphatic rings. The van der Waals surface area contributed by atoms with Crippen molar-refractivity contribution in [2.24, 2.45) is 0 Å². The molecule has 1 unspecified atom stereocenters. The van der Waals surface area contributed by atoms with Crippen LogP contribution < -0.4 is 10.9 Å². The Morgan fingerprint density at radius 1 is 1.43 bits per heavy atom. The van der Waals surface area contributed by atoms with Gasteiger partial charge >= 0.3 is 5.69 Å². The summed E-state index contributed by atoms with van der Waals surface area (Å²) in [5, 5.41) is 13.8. The molecule has 0 radical (unpaired) electrons. The number of rotatable bonds is 6. The lowest BCUT2D eigenvalue weighted by atomic mass is 10.2. The van der Waals surface area contributed by atoms with Crippen LogP contribution in [0.1, 0.15) is 24.3 Å². The van der Waals surface area contributed by atoms with Crippen molar-refractivity contribution in [1.82, 2.24) is 9.55 Å². The molecule has 0 saturated heterocycles. The van der Waals surface area contributed by atoms with Crippen LogP contribution in [0.15, 0.2) is 28.2 Å². The number of nitro groups is 1. The summed E-state index contributed by atoms with van der Waals surface area (Å²) in [5.74, 6) is -1.43. The van der Waals surface area contributed by atoms with Crippen molar-refractivity contribution in [2.45, 2.75) is 44.6 Å². The number of carbonyl (C=O) groups excluding carboxylic acids is 1. The van der Waals surface area contributed by atoms with E-state index < -0.39 is 27.6 Å². The Bertz CT molecular complexity index is 1220. The molecule has 1 atom stereocenters. The molecular weight excluding hydrogens is 431 g/mol. The molecule has 3 aromatic rings. The molecule has 0 spiro atoms. The second-order valence-electron chi connectivity index (χ2n) is 6.58. The molecule has 2 aromatic heterocycles. The number of anilines is 1. The van der Waals surface area contributed by atoms with Crippen LogP contribution in [0.4, 0.5) is 15.8 Å². The Morgan fingerprint density at radius 3 is 2.77 bits per heavy atom. The van der Waals surface area contributed by atoms with Gasteiger partial charge in [-0.05, 0) is 45.4 Å². The van der Waals surface area contributed by atoms with Gasteiger partial charge in [0.25, 0.3) is 5.56 Å². The average molecular weight is 451 g/mol. The number of aryl methyl sites for hydroxylation is 2. The number of thiophene rings is 1. The molecule has 11 heteroatoms. The van der Waals surface area contributed by atoms with E-state index in [4.69, 9.17) is 0 Å². The van der Waals surface area contributed by atoms with E-state index >= 15 is 0 Å². The fourth-order valence-electron chi connectivity index (χ4n) is 2.86. The van der Waals surface area contributed by atoms with Gasteiger partial charge in [0.1, 0.15) is 4.83 Å². The van der Waals surface area contributed by atoms with Crippen LogP contribution in [0, 0.1) is 29.8 Å². The van der Waals surface area contributed by atoms with Gasteiger partial charge in [0.2, 0.25) is 11.7 Å². The Hall–Kier alpha value is -2.79. The number of carbonyl (C=O) groups is 1. The molecule has 1 amide bonds. The zero-order valence-corrected chi connectivity index (χ0v) is 18.3. The predicted octanol–water partition coefficient (Wildman–Crippen LogP) is 4.26. The number of halogens is 1. The monoisotopic (exact) mass is 450 g/mol. The van der Waals surface area contributed by atoms with Crippen LogP contribution in [-0.4, -0.2) is 25.6 Å². The molecule has 8 nitrogen and oxygen atoms in total. The lowest BCUT2D eigenvalue weighted by Gasteiger charge is -2.15. The summed E-state index contributed by atoms with van der Waals surface area (Å²) in [7, 11) is 0. The number of nitrogens with zero attached hydrogens (tertiary/aromatic N) is 3. The van der Waals surface area contributed by atoms with Gasteiger partial charge in [-0.1, -0.05) is 11.8 Å². The van der Waals surface area contributed by atoms with Gasteiger partial charge in [-0.3, -0.25) is 24.3 Å². The Morgan fingerprint density at radius 2 is 2.13 bits per heavy atom. The summed E-state index contributed by atoms with van der Waals surface area (Å²) >= 11 is 2.55. The second kappa shape index (κ2) is 8.52. The third-order valence-electron chi connectivity index (χ3n) is 4.63. The minimum absolute atomic E-state index is 0.112. The maximum absolute atomic E-state index is 13.5. The lowest BCUT2D eigenvalue weighted by molar-refractivity contribution is -0.387. The smallest absolute Gasteiger partial charge is 0.306 e. The van der Waals surface area contributed by atoms with Crippen molar-refractivity contribution in [3.8, 4) is 0 Å². The first kappa shape index (κ1) is 21.9. The number of amides is 1. The summed E-state index contributed by atoms with van der Waals surface area (Å²) in [6, 6.07) is 3.15. The van der Waals surface area contributed by atoms with Gasteiger partial charge in [-0.25, -0.2) is 4.98 Å². The number of benzene rings is 1. The molecule has 1 N–H and O–H groups in total. The highest BCUT2D eigenvalue weighted by molar-refractivity contribution is 8.00. The summed E-state index contributed by atoms with van der Waals surface area (Å²) in [6.07, 6.45) is 0. The van der Waals surface area contributed by atoms with Crippen LogP contribution in [0.5, 0.6) is 0 Å². The average Bonchev–Trinajstić information content (AvgIpc) is 2.97. The maximum atomic E-state index is 13.5. The van der Waals surface area contributed by atoms with Gasteiger partial charge in [0.05, 0.1) is 15.6 Å². The molecular formula is C19H19FN4O4S2. The van der Waals surface area contributed by atoms with E-state index in [0.717, 1.165) is 34.3 Å².